The van der Waals surface area contributed by atoms with Gasteiger partial charge in [-0.05, 0) is 43.9 Å². The number of nitrogens with zero attached hydrogens (tertiary/aromatic N) is 3. The van der Waals surface area contributed by atoms with E-state index in [0.29, 0.717) is 37.2 Å². The highest BCUT2D eigenvalue weighted by Gasteiger charge is 2.32. The molecule has 4 rings (SSSR count). The Morgan fingerprint density at radius 1 is 1.21 bits per heavy atom. The third-order valence-corrected chi connectivity index (χ3v) is 6.96. The minimum atomic E-state index is -4.10. The molecule has 1 aromatic heterocycles. The lowest BCUT2D eigenvalue weighted by Crippen LogP contribution is -2.41. The zero-order valence-electron chi connectivity index (χ0n) is 15.6. The van der Waals surface area contributed by atoms with Crippen molar-refractivity contribution >= 4 is 10.0 Å². The Morgan fingerprint density at radius 2 is 2.00 bits per heavy atom. The number of piperidine rings is 1. The monoisotopic (exact) mass is 429 g/mol. The molecule has 2 aliphatic heterocycles. The van der Waals surface area contributed by atoms with Gasteiger partial charge in [-0.2, -0.15) is 9.29 Å². The van der Waals surface area contributed by atoms with Gasteiger partial charge in [0.25, 0.3) is 5.89 Å². The summed E-state index contributed by atoms with van der Waals surface area (Å²) < 4.78 is 70.1. The van der Waals surface area contributed by atoms with Gasteiger partial charge in [-0.3, -0.25) is 0 Å². The maximum Gasteiger partial charge on any atom is 0.255 e. The molecular weight excluding hydrogens is 408 g/mol. The van der Waals surface area contributed by atoms with Gasteiger partial charge in [-0.25, -0.2) is 17.2 Å². The third-order valence-electron chi connectivity index (χ3n) is 5.05. The number of rotatable bonds is 6. The van der Waals surface area contributed by atoms with E-state index in [1.165, 1.54) is 0 Å². The van der Waals surface area contributed by atoms with Crippen LogP contribution in [0.3, 0.4) is 0 Å². The number of benzene rings is 1. The van der Waals surface area contributed by atoms with Crippen LogP contribution in [0.5, 0.6) is 0 Å². The lowest BCUT2D eigenvalue weighted by atomic mass is 10.1. The second-order valence-corrected chi connectivity index (χ2v) is 8.95. The first-order chi connectivity index (χ1) is 13.9. The average molecular weight is 429 g/mol. The van der Waals surface area contributed by atoms with Crippen LogP contribution < -0.4 is 0 Å². The van der Waals surface area contributed by atoms with Crippen molar-refractivity contribution in [2.45, 2.75) is 49.4 Å². The van der Waals surface area contributed by atoms with Gasteiger partial charge in [0.2, 0.25) is 10.0 Å². The molecule has 1 aromatic carbocycles. The Balaban J connectivity index is 1.31. The highest BCUT2D eigenvalue weighted by atomic mass is 32.2. The van der Waals surface area contributed by atoms with E-state index in [2.05, 4.69) is 10.1 Å². The Bertz CT molecular complexity index is 954. The summed E-state index contributed by atoms with van der Waals surface area (Å²) in [5.74, 6) is -0.916. The fraction of sp³-hybridized carbons (Fsp3) is 0.556. The summed E-state index contributed by atoms with van der Waals surface area (Å²) in [6.45, 7) is 1.12. The van der Waals surface area contributed by atoms with Gasteiger partial charge in [-0.15, -0.1) is 0 Å². The fourth-order valence-corrected chi connectivity index (χ4v) is 5.02. The van der Waals surface area contributed by atoms with Crippen LogP contribution in [0, 0.1) is 11.6 Å². The van der Waals surface area contributed by atoms with E-state index < -0.39 is 26.6 Å². The molecule has 0 spiro atoms. The minimum absolute atomic E-state index is 0.145. The van der Waals surface area contributed by atoms with Crippen molar-refractivity contribution in [3.8, 4) is 0 Å². The molecule has 11 heteroatoms. The lowest BCUT2D eigenvalue weighted by molar-refractivity contribution is 0.00634. The summed E-state index contributed by atoms with van der Waals surface area (Å²) in [6, 6.07) is 2.40. The minimum Gasteiger partial charge on any atom is -0.370 e. The van der Waals surface area contributed by atoms with Crippen LogP contribution >= 0.6 is 0 Å². The van der Waals surface area contributed by atoms with Gasteiger partial charge < -0.3 is 14.0 Å². The van der Waals surface area contributed by atoms with Crippen molar-refractivity contribution in [2.75, 3.05) is 19.7 Å². The first-order valence-corrected chi connectivity index (χ1v) is 10.9. The predicted octanol–water partition coefficient (Wildman–Crippen LogP) is 2.57. The van der Waals surface area contributed by atoms with Crippen molar-refractivity contribution in [3.05, 3.63) is 41.5 Å². The third kappa shape index (κ3) is 4.47. The predicted molar refractivity (Wildman–Crippen MR) is 95.2 cm³/mol. The number of aromatic nitrogens is 2. The molecule has 2 saturated heterocycles. The quantitative estimate of drug-likeness (QED) is 0.696. The van der Waals surface area contributed by atoms with Gasteiger partial charge in [-0.1, -0.05) is 5.16 Å². The van der Waals surface area contributed by atoms with Gasteiger partial charge >= 0.3 is 0 Å². The van der Waals surface area contributed by atoms with Crippen molar-refractivity contribution in [3.63, 3.8) is 0 Å². The molecule has 0 aliphatic carbocycles. The molecule has 1 unspecified atom stereocenters. The highest BCUT2D eigenvalue weighted by molar-refractivity contribution is 7.89. The Labute approximate surface area is 166 Å². The molecule has 3 heterocycles. The van der Waals surface area contributed by atoms with Crippen LogP contribution in [-0.2, 0) is 26.1 Å². The van der Waals surface area contributed by atoms with Gasteiger partial charge in [0.05, 0.1) is 6.10 Å². The fourth-order valence-electron chi connectivity index (χ4n) is 3.47. The van der Waals surface area contributed by atoms with Gasteiger partial charge in [0.1, 0.15) is 29.2 Å². The number of sulfonamides is 1. The largest absolute Gasteiger partial charge is 0.370 e. The van der Waals surface area contributed by atoms with Gasteiger partial charge in [0.15, 0.2) is 5.82 Å². The Morgan fingerprint density at radius 3 is 2.72 bits per heavy atom. The van der Waals surface area contributed by atoms with E-state index in [-0.39, 0.29) is 31.9 Å². The zero-order chi connectivity index (χ0) is 20.4. The second kappa shape index (κ2) is 8.42. The van der Waals surface area contributed by atoms with E-state index in [1.807, 2.05) is 0 Å². The topological polar surface area (TPSA) is 94.8 Å². The Kier molecular flexibility index (Phi) is 5.91. The highest BCUT2D eigenvalue weighted by Crippen LogP contribution is 2.28. The molecule has 0 amide bonds. The van der Waals surface area contributed by atoms with E-state index in [4.69, 9.17) is 14.0 Å². The van der Waals surface area contributed by atoms with Crippen LogP contribution in [0.2, 0.25) is 0 Å². The summed E-state index contributed by atoms with van der Waals surface area (Å²) in [5, 5.41) is 3.88. The summed E-state index contributed by atoms with van der Waals surface area (Å²) in [7, 11) is -4.10. The number of hydrogen-bond acceptors (Lipinski definition) is 7. The van der Waals surface area contributed by atoms with Crippen LogP contribution in [0.4, 0.5) is 8.78 Å². The van der Waals surface area contributed by atoms with Crippen LogP contribution in [0.25, 0.3) is 0 Å². The van der Waals surface area contributed by atoms with Crippen molar-refractivity contribution in [2.24, 2.45) is 0 Å². The summed E-state index contributed by atoms with van der Waals surface area (Å²) >= 11 is 0. The Hall–Kier alpha value is -1.95. The maximum atomic E-state index is 13.9. The normalized spacial score (nSPS) is 21.7. The summed E-state index contributed by atoms with van der Waals surface area (Å²) in [6.07, 6.45) is 2.30. The molecular formula is C18H21F2N3O5S. The molecule has 0 bridgehead atoms. The van der Waals surface area contributed by atoms with Crippen molar-refractivity contribution in [1.82, 2.24) is 14.4 Å². The van der Waals surface area contributed by atoms with Gasteiger partial charge in [0, 0.05) is 19.7 Å². The van der Waals surface area contributed by atoms with Crippen LogP contribution in [-0.4, -0.2) is 48.7 Å². The average Bonchev–Trinajstić information content (AvgIpc) is 3.40. The molecule has 2 fully saturated rings. The molecule has 158 valence electrons. The molecule has 8 nitrogen and oxygen atoms in total. The number of halogens is 2. The first kappa shape index (κ1) is 20.3. The van der Waals surface area contributed by atoms with Crippen molar-refractivity contribution < 1.29 is 31.2 Å². The summed E-state index contributed by atoms with van der Waals surface area (Å²) in [5.41, 5.74) is 0. The molecule has 2 aliphatic rings. The van der Waals surface area contributed by atoms with Crippen LogP contribution in [0.1, 0.15) is 43.5 Å². The smallest absolute Gasteiger partial charge is 0.255 e. The summed E-state index contributed by atoms with van der Waals surface area (Å²) in [4.78, 5) is 3.63. The molecule has 29 heavy (non-hydrogen) atoms. The molecule has 0 radical (unpaired) electrons. The van der Waals surface area contributed by atoms with E-state index in [9.17, 15) is 17.2 Å². The number of hydrogen-bond donors (Lipinski definition) is 0. The molecule has 2 aromatic rings. The molecule has 0 saturated carbocycles. The molecule has 0 N–H and O–H groups in total. The van der Waals surface area contributed by atoms with Crippen molar-refractivity contribution in [1.29, 1.82) is 0 Å². The zero-order valence-corrected chi connectivity index (χ0v) is 16.4. The lowest BCUT2D eigenvalue weighted by Gasteiger charge is -2.31. The van der Waals surface area contributed by atoms with E-state index in [0.717, 1.165) is 29.3 Å². The first-order valence-electron chi connectivity index (χ1n) is 9.44. The number of ether oxygens (including phenoxy) is 2. The van der Waals surface area contributed by atoms with Crippen LogP contribution in [0.15, 0.2) is 27.6 Å². The maximum absolute atomic E-state index is 13.9. The standard InChI is InChI=1S/C18H21F2N3O5S/c19-12-3-4-14(20)16(10-12)29(24,25)23-7-5-13(6-8-23)27-11-17-21-18(28-22-17)15-2-1-9-26-15/h3-4,10,13,15H,1-2,5-9,11H2. The second-order valence-electron chi connectivity index (χ2n) is 7.04. The SMILES string of the molecule is O=S(=O)(c1cc(F)ccc1F)N1CCC(OCc2noc(C3CCCO3)n2)CC1. The van der Waals surface area contributed by atoms with E-state index >= 15 is 0 Å². The molecule has 1 atom stereocenters. The van der Waals surface area contributed by atoms with E-state index in [1.54, 1.807) is 0 Å².